The van der Waals surface area contributed by atoms with Crippen LogP contribution in [0.1, 0.15) is 37.8 Å². The summed E-state index contributed by atoms with van der Waals surface area (Å²) in [6.45, 7) is 6.45. The first-order chi connectivity index (χ1) is 7.01. The molecule has 0 aromatic carbocycles. The van der Waals surface area contributed by atoms with Crippen molar-refractivity contribution in [1.29, 1.82) is 0 Å². The Balaban J connectivity index is 2.13. The van der Waals surface area contributed by atoms with Crippen LogP contribution in [0.15, 0.2) is 18.5 Å². The highest BCUT2D eigenvalue weighted by molar-refractivity contribution is 5.25. The van der Waals surface area contributed by atoms with Crippen LogP contribution < -0.4 is 0 Å². The number of aromatic nitrogens is 1. The van der Waals surface area contributed by atoms with Gasteiger partial charge >= 0.3 is 0 Å². The molecule has 0 radical (unpaired) electrons. The van der Waals surface area contributed by atoms with Crippen LogP contribution in [0, 0.1) is 18.8 Å². The first-order valence-corrected chi connectivity index (χ1v) is 5.66. The molecule has 82 valence electrons. The molecular weight excluding hydrogens is 186 g/mol. The summed E-state index contributed by atoms with van der Waals surface area (Å²) in [5.74, 6) is 1.33. The van der Waals surface area contributed by atoms with Crippen molar-refractivity contribution in [3.63, 3.8) is 0 Å². The van der Waals surface area contributed by atoms with E-state index in [0.29, 0.717) is 11.8 Å². The zero-order valence-corrected chi connectivity index (χ0v) is 9.70. The van der Waals surface area contributed by atoms with E-state index in [9.17, 15) is 5.11 Å². The Morgan fingerprint density at radius 3 is 2.60 bits per heavy atom. The van der Waals surface area contributed by atoms with E-state index in [1.807, 2.05) is 19.2 Å². The molecular formula is C13H19NO. The Labute approximate surface area is 91.4 Å². The number of nitrogens with zero attached hydrogens (tertiary/aromatic N) is 1. The maximum atomic E-state index is 10.4. The van der Waals surface area contributed by atoms with E-state index in [4.69, 9.17) is 0 Å². The van der Waals surface area contributed by atoms with Crippen molar-refractivity contribution in [3.05, 3.63) is 29.6 Å². The van der Waals surface area contributed by atoms with Gasteiger partial charge in [0.05, 0.1) is 5.60 Å². The second kappa shape index (κ2) is 3.60. The van der Waals surface area contributed by atoms with Gasteiger partial charge in [-0.25, -0.2) is 0 Å². The summed E-state index contributed by atoms with van der Waals surface area (Å²) in [6.07, 6.45) is 5.39. The number of hydrogen-bond donors (Lipinski definition) is 1. The maximum Gasteiger partial charge on any atom is 0.0917 e. The van der Waals surface area contributed by atoms with Crippen LogP contribution in [0.3, 0.4) is 0 Å². The predicted octanol–water partition coefficient (Wildman–Crippen LogP) is 2.64. The van der Waals surface area contributed by atoms with Crippen molar-refractivity contribution in [2.24, 2.45) is 11.8 Å². The molecule has 1 saturated carbocycles. The molecule has 2 heteroatoms. The SMILES string of the molecule is Cc1cncc(C2(O)CC(C(C)C)C2)c1. The van der Waals surface area contributed by atoms with E-state index < -0.39 is 5.60 Å². The topological polar surface area (TPSA) is 33.1 Å². The number of rotatable bonds is 2. The second-order valence-corrected chi connectivity index (χ2v) is 5.19. The van der Waals surface area contributed by atoms with Crippen molar-refractivity contribution in [3.8, 4) is 0 Å². The summed E-state index contributed by atoms with van der Waals surface area (Å²) in [4.78, 5) is 4.14. The molecule has 0 aliphatic heterocycles. The lowest BCUT2D eigenvalue weighted by Gasteiger charge is -2.46. The van der Waals surface area contributed by atoms with E-state index in [-0.39, 0.29) is 0 Å². The van der Waals surface area contributed by atoms with Crippen LogP contribution in [-0.2, 0) is 5.60 Å². The Morgan fingerprint density at radius 2 is 2.07 bits per heavy atom. The van der Waals surface area contributed by atoms with Gasteiger partial charge in [-0.2, -0.15) is 0 Å². The van der Waals surface area contributed by atoms with E-state index in [0.717, 1.165) is 24.0 Å². The Hall–Kier alpha value is -0.890. The number of aryl methyl sites for hydroxylation is 1. The van der Waals surface area contributed by atoms with E-state index in [1.165, 1.54) is 0 Å². The summed E-state index contributed by atoms with van der Waals surface area (Å²) in [7, 11) is 0. The highest BCUT2D eigenvalue weighted by atomic mass is 16.3. The molecule has 1 N–H and O–H groups in total. The Kier molecular flexibility index (Phi) is 2.55. The average Bonchev–Trinajstić information content (AvgIpc) is 2.12. The van der Waals surface area contributed by atoms with Crippen LogP contribution in [0.2, 0.25) is 0 Å². The fourth-order valence-corrected chi connectivity index (χ4v) is 2.32. The third-order valence-electron chi connectivity index (χ3n) is 3.55. The molecule has 0 amide bonds. The largest absolute Gasteiger partial charge is 0.385 e. The highest BCUT2D eigenvalue weighted by Gasteiger charge is 2.45. The molecule has 0 bridgehead atoms. The van der Waals surface area contributed by atoms with Gasteiger partial charge in [0.25, 0.3) is 0 Å². The first kappa shape index (κ1) is 10.6. The van der Waals surface area contributed by atoms with Gasteiger partial charge in [0.2, 0.25) is 0 Å². The molecule has 2 rings (SSSR count). The molecule has 0 saturated heterocycles. The zero-order valence-electron chi connectivity index (χ0n) is 9.70. The minimum absolute atomic E-state index is 0.603. The second-order valence-electron chi connectivity index (χ2n) is 5.19. The third-order valence-corrected chi connectivity index (χ3v) is 3.55. The van der Waals surface area contributed by atoms with Gasteiger partial charge in [0.1, 0.15) is 0 Å². The lowest BCUT2D eigenvalue weighted by Crippen LogP contribution is -2.43. The minimum atomic E-state index is -0.603. The lowest BCUT2D eigenvalue weighted by molar-refractivity contribution is -0.0936. The van der Waals surface area contributed by atoms with Gasteiger partial charge in [-0.1, -0.05) is 19.9 Å². The molecule has 0 unspecified atom stereocenters. The van der Waals surface area contributed by atoms with Crippen molar-refractivity contribution >= 4 is 0 Å². The van der Waals surface area contributed by atoms with Crippen molar-refractivity contribution in [2.45, 2.75) is 39.2 Å². The van der Waals surface area contributed by atoms with Gasteiger partial charge in [-0.15, -0.1) is 0 Å². The molecule has 0 spiro atoms. The number of pyridine rings is 1. The smallest absolute Gasteiger partial charge is 0.0917 e. The van der Waals surface area contributed by atoms with Gasteiger partial charge in [-0.3, -0.25) is 4.98 Å². The molecule has 1 aliphatic rings. The summed E-state index contributed by atoms with van der Waals surface area (Å²) in [6, 6.07) is 2.05. The summed E-state index contributed by atoms with van der Waals surface area (Å²) in [5, 5.41) is 10.4. The fourth-order valence-electron chi connectivity index (χ4n) is 2.32. The Bertz CT molecular complexity index is 353. The average molecular weight is 205 g/mol. The van der Waals surface area contributed by atoms with Crippen LogP contribution >= 0.6 is 0 Å². The fraction of sp³-hybridized carbons (Fsp3) is 0.615. The number of hydrogen-bond acceptors (Lipinski definition) is 2. The zero-order chi connectivity index (χ0) is 11.1. The summed E-state index contributed by atoms with van der Waals surface area (Å²) < 4.78 is 0. The highest BCUT2D eigenvalue weighted by Crippen LogP contribution is 2.48. The lowest BCUT2D eigenvalue weighted by atomic mass is 9.64. The summed E-state index contributed by atoms with van der Waals surface area (Å²) in [5.41, 5.74) is 1.50. The van der Waals surface area contributed by atoms with Gasteiger partial charge < -0.3 is 5.11 Å². The minimum Gasteiger partial charge on any atom is -0.385 e. The molecule has 1 heterocycles. The van der Waals surface area contributed by atoms with Gasteiger partial charge in [-0.05, 0) is 37.2 Å². The molecule has 0 atom stereocenters. The molecule has 2 nitrogen and oxygen atoms in total. The van der Waals surface area contributed by atoms with Crippen LogP contribution in [-0.4, -0.2) is 10.1 Å². The van der Waals surface area contributed by atoms with Crippen molar-refractivity contribution < 1.29 is 5.11 Å². The van der Waals surface area contributed by atoms with Crippen molar-refractivity contribution in [1.82, 2.24) is 4.98 Å². The third kappa shape index (κ3) is 1.91. The van der Waals surface area contributed by atoms with E-state index in [2.05, 4.69) is 18.8 Å². The standard InChI is InChI=1S/C13H19NO/c1-9(2)11-5-13(15,6-11)12-4-10(3)7-14-8-12/h4,7-9,11,15H,5-6H2,1-3H3. The predicted molar refractivity (Wildman–Crippen MR) is 60.4 cm³/mol. The van der Waals surface area contributed by atoms with Gasteiger partial charge in [0.15, 0.2) is 0 Å². The molecule has 1 aliphatic carbocycles. The molecule has 15 heavy (non-hydrogen) atoms. The molecule has 1 fully saturated rings. The molecule has 1 aromatic heterocycles. The maximum absolute atomic E-state index is 10.4. The monoisotopic (exact) mass is 205 g/mol. The van der Waals surface area contributed by atoms with Crippen LogP contribution in [0.4, 0.5) is 0 Å². The quantitative estimate of drug-likeness (QED) is 0.805. The first-order valence-electron chi connectivity index (χ1n) is 5.66. The van der Waals surface area contributed by atoms with E-state index >= 15 is 0 Å². The molecule has 1 aromatic rings. The van der Waals surface area contributed by atoms with Crippen molar-refractivity contribution in [2.75, 3.05) is 0 Å². The van der Waals surface area contributed by atoms with Gasteiger partial charge in [0, 0.05) is 18.0 Å². The van der Waals surface area contributed by atoms with Crippen LogP contribution in [0.25, 0.3) is 0 Å². The van der Waals surface area contributed by atoms with E-state index in [1.54, 1.807) is 6.20 Å². The normalized spacial score (nSPS) is 30.3. The number of aliphatic hydroxyl groups is 1. The van der Waals surface area contributed by atoms with Crippen LogP contribution in [0.5, 0.6) is 0 Å². The Morgan fingerprint density at radius 1 is 1.40 bits per heavy atom. The summed E-state index contributed by atoms with van der Waals surface area (Å²) >= 11 is 0.